The first-order valence-corrected chi connectivity index (χ1v) is 5.80. The van der Waals surface area contributed by atoms with Crippen molar-refractivity contribution in [2.45, 2.75) is 33.1 Å². The second kappa shape index (κ2) is 4.77. The molecule has 16 heavy (non-hydrogen) atoms. The summed E-state index contributed by atoms with van der Waals surface area (Å²) in [6, 6.07) is 6.36. The summed E-state index contributed by atoms with van der Waals surface area (Å²) in [6.45, 7) is 9.74. The first-order valence-electron chi connectivity index (χ1n) is 5.80. The van der Waals surface area contributed by atoms with E-state index in [0.717, 1.165) is 18.0 Å². The van der Waals surface area contributed by atoms with Crippen LogP contribution in [0.25, 0.3) is 0 Å². The summed E-state index contributed by atoms with van der Waals surface area (Å²) >= 11 is 0. The van der Waals surface area contributed by atoms with Gasteiger partial charge in [0.2, 0.25) is 0 Å². The van der Waals surface area contributed by atoms with Gasteiger partial charge in [-0.25, -0.2) is 0 Å². The number of hydrogen-bond acceptors (Lipinski definition) is 2. The molecule has 2 heteroatoms. The van der Waals surface area contributed by atoms with Crippen molar-refractivity contribution in [3.8, 4) is 5.75 Å². The lowest BCUT2D eigenvalue weighted by Gasteiger charge is -2.27. The summed E-state index contributed by atoms with van der Waals surface area (Å²) in [5, 5.41) is 0. The largest absolute Gasteiger partial charge is 0.494 e. The lowest BCUT2D eigenvalue weighted by Crippen LogP contribution is -2.19. The molecule has 1 aromatic rings. The molecule has 0 N–H and O–H groups in total. The van der Waals surface area contributed by atoms with E-state index in [4.69, 9.17) is 4.74 Å². The van der Waals surface area contributed by atoms with Gasteiger partial charge in [-0.2, -0.15) is 0 Å². The zero-order valence-electron chi connectivity index (χ0n) is 11.3. The van der Waals surface area contributed by atoms with Crippen LogP contribution in [0.5, 0.6) is 5.75 Å². The zero-order chi connectivity index (χ0) is 12.3. The molecule has 90 valence electrons. The van der Waals surface area contributed by atoms with Crippen molar-refractivity contribution >= 4 is 5.69 Å². The van der Waals surface area contributed by atoms with E-state index in [-0.39, 0.29) is 5.41 Å². The predicted octanol–water partition coefficient (Wildman–Crippen LogP) is 3.45. The SMILES string of the molecule is CCN(C)c1cccc(C(C)(C)C)c1OC. The summed E-state index contributed by atoms with van der Waals surface area (Å²) in [5.74, 6) is 0.999. The minimum Gasteiger partial charge on any atom is -0.494 e. The minimum absolute atomic E-state index is 0.107. The first-order chi connectivity index (χ1) is 7.41. The van der Waals surface area contributed by atoms with Gasteiger partial charge >= 0.3 is 0 Å². The van der Waals surface area contributed by atoms with Crippen LogP contribution >= 0.6 is 0 Å². The molecule has 0 spiro atoms. The Balaban J connectivity index is 3.32. The van der Waals surface area contributed by atoms with Gasteiger partial charge in [0.05, 0.1) is 12.8 Å². The van der Waals surface area contributed by atoms with Crippen LogP contribution in [0.15, 0.2) is 18.2 Å². The Morgan fingerprint density at radius 2 is 1.88 bits per heavy atom. The molecule has 0 aliphatic rings. The summed E-state index contributed by atoms with van der Waals surface area (Å²) < 4.78 is 5.58. The standard InChI is InChI=1S/C14H23NO/c1-7-15(5)12-10-8-9-11(13(12)16-6)14(2,3)4/h8-10H,7H2,1-6H3. The molecule has 1 rings (SSSR count). The second-order valence-electron chi connectivity index (χ2n) is 5.12. The van der Waals surface area contributed by atoms with Crippen LogP contribution in [0, 0.1) is 0 Å². The molecule has 0 saturated heterocycles. The molecule has 0 amide bonds. The quantitative estimate of drug-likeness (QED) is 0.775. The molecule has 0 aromatic heterocycles. The van der Waals surface area contributed by atoms with Gasteiger partial charge in [0.15, 0.2) is 0 Å². The van der Waals surface area contributed by atoms with Gasteiger partial charge in [-0.3, -0.25) is 0 Å². The molecule has 0 aliphatic heterocycles. The molecule has 0 atom stereocenters. The molecule has 0 fully saturated rings. The second-order valence-corrected chi connectivity index (χ2v) is 5.12. The molecule has 0 aliphatic carbocycles. The average molecular weight is 221 g/mol. The molecule has 0 radical (unpaired) electrons. The fourth-order valence-electron chi connectivity index (χ4n) is 1.80. The van der Waals surface area contributed by atoms with E-state index in [1.807, 2.05) is 0 Å². The van der Waals surface area contributed by atoms with E-state index >= 15 is 0 Å². The summed E-state index contributed by atoms with van der Waals surface area (Å²) in [4.78, 5) is 2.20. The van der Waals surface area contributed by atoms with E-state index < -0.39 is 0 Å². The number of ether oxygens (including phenoxy) is 1. The third-order valence-corrected chi connectivity index (χ3v) is 2.89. The van der Waals surface area contributed by atoms with Gasteiger partial charge in [-0.15, -0.1) is 0 Å². The van der Waals surface area contributed by atoms with Crippen molar-refractivity contribution in [2.24, 2.45) is 0 Å². The summed E-state index contributed by atoms with van der Waals surface area (Å²) in [6.07, 6.45) is 0. The third-order valence-electron chi connectivity index (χ3n) is 2.89. The van der Waals surface area contributed by atoms with Gasteiger partial charge in [-0.1, -0.05) is 32.9 Å². The van der Waals surface area contributed by atoms with Crippen molar-refractivity contribution in [1.82, 2.24) is 0 Å². The number of methoxy groups -OCH3 is 1. The van der Waals surface area contributed by atoms with E-state index in [0.29, 0.717) is 0 Å². The van der Waals surface area contributed by atoms with Crippen molar-refractivity contribution in [3.63, 3.8) is 0 Å². The van der Waals surface area contributed by atoms with Gasteiger partial charge < -0.3 is 9.64 Å². The average Bonchev–Trinajstić information content (AvgIpc) is 2.25. The van der Waals surface area contributed by atoms with Crippen LogP contribution in [0.1, 0.15) is 33.3 Å². The Kier molecular flexibility index (Phi) is 3.84. The Hall–Kier alpha value is -1.18. The van der Waals surface area contributed by atoms with E-state index in [9.17, 15) is 0 Å². The maximum Gasteiger partial charge on any atom is 0.145 e. The van der Waals surface area contributed by atoms with E-state index in [1.54, 1.807) is 7.11 Å². The number of hydrogen-bond donors (Lipinski definition) is 0. The van der Waals surface area contributed by atoms with E-state index in [1.165, 1.54) is 5.56 Å². The molecular formula is C14H23NO. The summed E-state index contributed by atoms with van der Waals surface area (Å²) in [5.41, 5.74) is 2.53. The fourth-order valence-corrected chi connectivity index (χ4v) is 1.80. The van der Waals surface area contributed by atoms with Crippen molar-refractivity contribution in [2.75, 3.05) is 25.6 Å². The highest BCUT2D eigenvalue weighted by molar-refractivity contribution is 5.63. The number of benzene rings is 1. The van der Waals surface area contributed by atoms with Crippen molar-refractivity contribution < 1.29 is 4.74 Å². The van der Waals surface area contributed by atoms with Crippen LogP contribution in [0.2, 0.25) is 0 Å². The fraction of sp³-hybridized carbons (Fsp3) is 0.571. The van der Waals surface area contributed by atoms with Crippen LogP contribution in [-0.4, -0.2) is 20.7 Å². The first kappa shape index (κ1) is 12.9. The van der Waals surface area contributed by atoms with Crippen molar-refractivity contribution in [3.05, 3.63) is 23.8 Å². The predicted molar refractivity (Wildman–Crippen MR) is 70.6 cm³/mol. The number of para-hydroxylation sites is 1. The smallest absolute Gasteiger partial charge is 0.145 e. The third kappa shape index (κ3) is 2.49. The van der Waals surface area contributed by atoms with Crippen LogP contribution in [0.3, 0.4) is 0 Å². The molecule has 1 aromatic carbocycles. The highest BCUT2D eigenvalue weighted by atomic mass is 16.5. The Morgan fingerprint density at radius 1 is 1.25 bits per heavy atom. The Morgan fingerprint density at radius 3 is 2.31 bits per heavy atom. The normalized spacial score (nSPS) is 11.4. The lowest BCUT2D eigenvalue weighted by atomic mass is 9.86. The Bertz CT molecular complexity index is 352. The molecular weight excluding hydrogens is 198 g/mol. The highest BCUT2D eigenvalue weighted by Crippen LogP contribution is 2.38. The monoisotopic (exact) mass is 221 g/mol. The van der Waals surface area contributed by atoms with Crippen LogP contribution in [0.4, 0.5) is 5.69 Å². The molecule has 0 heterocycles. The van der Waals surface area contributed by atoms with Gasteiger partial charge in [0.25, 0.3) is 0 Å². The zero-order valence-corrected chi connectivity index (χ0v) is 11.3. The van der Waals surface area contributed by atoms with Gasteiger partial charge in [0, 0.05) is 19.2 Å². The molecule has 0 bridgehead atoms. The number of anilines is 1. The minimum atomic E-state index is 0.107. The maximum absolute atomic E-state index is 5.58. The highest BCUT2D eigenvalue weighted by Gasteiger charge is 2.21. The van der Waals surface area contributed by atoms with Crippen LogP contribution < -0.4 is 9.64 Å². The Labute approximate surface area is 99.2 Å². The summed E-state index contributed by atoms with van der Waals surface area (Å²) in [7, 11) is 3.84. The molecule has 0 saturated carbocycles. The molecule has 0 unspecified atom stereocenters. The van der Waals surface area contributed by atoms with Crippen molar-refractivity contribution in [1.29, 1.82) is 0 Å². The lowest BCUT2D eigenvalue weighted by molar-refractivity contribution is 0.398. The molecule has 2 nitrogen and oxygen atoms in total. The van der Waals surface area contributed by atoms with Crippen LogP contribution in [-0.2, 0) is 5.41 Å². The maximum atomic E-state index is 5.58. The number of rotatable bonds is 3. The van der Waals surface area contributed by atoms with E-state index in [2.05, 4.69) is 57.8 Å². The van der Waals surface area contributed by atoms with Gasteiger partial charge in [-0.05, 0) is 18.4 Å². The van der Waals surface area contributed by atoms with Gasteiger partial charge in [0.1, 0.15) is 5.75 Å². The topological polar surface area (TPSA) is 12.5 Å². The number of nitrogens with zero attached hydrogens (tertiary/aromatic N) is 1.